The number of thiol groups is 1. The molecular formula is C17H33F2N4O9P3S2. The lowest BCUT2D eigenvalue weighted by Gasteiger charge is -2.26. The topological polar surface area (TPSA) is 187 Å². The van der Waals surface area contributed by atoms with Crippen molar-refractivity contribution < 1.29 is 46.2 Å². The zero-order valence-corrected chi connectivity index (χ0v) is 25.0. The largest absolute Gasteiger partial charge is 0.417 e. The Hall–Kier alpha value is -0.280. The van der Waals surface area contributed by atoms with E-state index in [2.05, 4.69) is 59.0 Å². The van der Waals surface area contributed by atoms with Crippen LogP contribution in [0.3, 0.4) is 0 Å². The third-order valence-corrected chi connectivity index (χ3v) is 12.5. The summed E-state index contributed by atoms with van der Waals surface area (Å²) in [7, 11) is -6.24. The molecule has 1 aliphatic rings. The number of aromatic nitrogens is 2. The molecule has 4 atom stereocenters. The fourth-order valence-electron chi connectivity index (χ4n) is 3.02. The molecule has 0 spiro atoms. The molecule has 1 aromatic rings. The van der Waals surface area contributed by atoms with E-state index >= 15 is 0 Å². The summed E-state index contributed by atoms with van der Waals surface area (Å²) in [5, 5.41) is -5.16. The molecular weight excluding hydrogens is 599 g/mol. The van der Waals surface area contributed by atoms with Crippen molar-refractivity contribution in [2.24, 2.45) is 0 Å². The lowest BCUT2D eigenvalue weighted by atomic mass is 10.2. The average molecular weight is 633 g/mol. The van der Waals surface area contributed by atoms with Crippen LogP contribution in [-0.4, -0.2) is 66.9 Å². The van der Waals surface area contributed by atoms with Gasteiger partial charge in [0.1, 0.15) is 12.0 Å². The summed E-state index contributed by atoms with van der Waals surface area (Å²) in [5.74, 6) is 0.0591. The third-order valence-electron chi connectivity index (χ3n) is 5.24. The van der Waals surface area contributed by atoms with E-state index in [0.717, 1.165) is 0 Å². The number of alkyl halides is 2. The van der Waals surface area contributed by atoms with E-state index in [4.69, 9.17) is 24.8 Å². The monoisotopic (exact) mass is 632 g/mol. The van der Waals surface area contributed by atoms with Crippen LogP contribution in [0.2, 0.25) is 0 Å². The fraction of sp³-hybridized carbons (Fsp3) is 0.765. The molecule has 2 heterocycles. The van der Waals surface area contributed by atoms with Crippen LogP contribution in [0.1, 0.15) is 45.4 Å². The quantitative estimate of drug-likeness (QED) is 0.177. The van der Waals surface area contributed by atoms with Crippen LogP contribution >= 0.6 is 33.1 Å². The molecule has 1 fully saturated rings. The number of nitrogens with zero attached hydrogens (tertiary/aromatic N) is 3. The summed E-state index contributed by atoms with van der Waals surface area (Å²) in [4.78, 5) is 45.0. The van der Waals surface area contributed by atoms with Gasteiger partial charge in [-0.3, -0.25) is 13.7 Å². The average Bonchev–Trinajstić information content (AvgIpc) is 3.24. The maximum absolute atomic E-state index is 13.6. The third kappa shape index (κ3) is 9.70. The second-order valence-electron chi connectivity index (χ2n) is 7.83. The molecule has 2 rings (SSSR count). The molecule has 1 aromatic heterocycles. The van der Waals surface area contributed by atoms with Gasteiger partial charge < -0.3 is 30.1 Å². The Balaban J connectivity index is 0.000000856. The number of anilines is 1. The molecule has 13 nitrogen and oxygen atoms in total. The van der Waals surface area contributed by atoms with E-state index in [1.165, 1.54) is 30.4 Å². The van der Waals surface area contributed by atoms with Gasteiger partial charge in [0.15, 0.2) is 0 Å². The zero-order valence-electron chi connectivity index (χ0n) is 20.6. The molecule has 37 heavy (non-hydrogen) atoms. The van der Waals surface area contributed by atoms with Crippen molar-refractivity contribution in [2.45, 2.75) is 58.3 Å². The summed E-state index contributed by atoms with van der Waals surface area (Å²) in [6, 6.07) is 0. The van der Waals surface area contributed by atoms with E-state index in [1.807, 2.05) is 0 Å². The highest BCUT2D eigenvalue weighted by Gasteiger charge is 2.63. The van der Waals surface area contributed by atoms with Gasteiger partial charge in [0, 0.05) is 11.8 Å². The van der Waals surface area contributed by atoms with E-state index < -0.39 is 50.9 Å². The van der Waals surface area contributed by atoms with E-state index in [-0.39, 0.29) is 12.2 Å². The van der Waals surface area contributed by atoms with Crippen LogP contribution in [0.25, 0.3) is 0 Å². The molecule has 0 bridgehead atoms. The predicted octanol–water partition coefficient (Wildman–Crippen LogP) is 3.26. The maximum Gasteiger partial charge on any atom is 0.417 e. The number of rotatable bonds is 11. The number of nitrogen functional groups attached to an aromatic ring is 1. The number of ether oxygens (including phenoxy) is 1. The van der Waals surface area contributed by atoms with Crippen molar-refractivity contribution in [3.05, 3.63) is 22.2 Å². The summed E-state index contributed by atoms with van der Waals surface area (Å²) in [6.45, 7) is 0.724. The van der Waals surface area contributed by atoms with Crippen molar-refractivity contribution in [2.75, 3.05) is 32.0 Å². The van der Waals surface area contributed by atoms with Crippen molar-refractivity contribution in [3.8, 4) is 0 Å². The van der Waals surface area contributed by atoms with Crippen LogP contribution in [-0.2, 0) is 34.5 Å². The van der Waals surface area contributed by atoms with Gasteiger partial charge >= 0.3 is 25.5 Å². The van der Waals surface area contributed by atoms with Crippen LogP contribution in [0.4, 0.5) is 14.6 Å². The van der Waals surface area contributed by atoms with E-state index in [0.29, 0.717) is 12.0 Å². The number of hydrogen-bond donors (Lipinski definition) is 5. The normalized spacial score (nSPS) is 21.7. The van der Waals surface area contributed by atoms with Gasteiger partial charge in [0.2, 0.25) is 0 Å². The smallest absolute Gasteiger partial charge is 0.383 e. The number of halogens is 2. The molecule has 0 aliphatic carbocycles. The Morgan fingerprint density at radius 1 is 1.27 bits per heavy atom. The van der Waals surface area contributed by atoms with Gasteiger partial charge in [-0.2, -0.15) is 13.8 Å². The molecule has 1 aliphatic heterocycles. The molecule has 20 heteroatoms. The minimum Gasteiger partial charge on any atom is -0.383 e. The van der Waals surface area contributed by atoms with Gasteiger partial charge in [-0.1, -0.05) is 33.0 Å². The van der Waals surface area contributed by atoms with Crippen molar-refractivity contribution in [3.63, 3.8) is 0 Å². The molecule has 0 radical (unpaired) electrons. The van der Waals surface area contributed by atoms with E-state index in [9.17, 15) is 27.6 Å². The van der Waals surface area contributed by atoms with Gasteiger partial charge in [0.25, 0.3) is 6.49 Å². The van der Waals surface area contributed by atoms with Gasteiger partial charge in [-0.05, 0) is 51.2 Å². The Kier molecular flexibility index (Phi) is 13.0. The van der Waals surface area contributed by atoms with Crippen LogP contribution in [0, 0.1) is 6.92 Å². The SMILES string of the molecule is CCN(CC)CC.Cc1cn([C@H]2CC[C@@H](COP(=O)(S)OP(=O)(O)C(F)(F)P(O)(O)=S)O2)c(=O)nc1N. The predicted molar refractivity (Wildman–Crippen MR) is 141 cm³/mol. The van der Waals surface area contributed by atoms with Gasteiger partial charge in [-0.15, -0.1) is 0 Å². The Morgan fingerprint density at radius 3 is 2.27 bits per heavy atom. The van der Waals surface area contributed by atoms with Gasteiger partial charge in [-0.25, -0.2) is 13.7 Å². The maximum atomic E-state index is 13.6. The highest BCUT2D eigenvalue weighted by molar-refractivity contribution is 8.45. The summed E-state index contributed by atoms with van der Waals surface area (Å²) >= 11 is 7.08. The highest BCUT2D eigenvalue weighted by Crippen LogP contribution is 2.79. The Labute approximate surface area is 223 Å². The minimum absolute atomic E-state index is 0.0591. The molecule has 216 valence electrons. The van der Waals surface area contributed by atoms with Crippen molar-refractivity contribution in [1.29, 1.82) is 0 Å². The summed E-state index contributed by atoms with van der Waals surface area (Å²) < 4.78 is 66.4. The standard InChI is InChI=1S/C11H18F2N3O9P3S2.C6H15N/c1-6-4-16(10(17)15-9(6)14)8-3-2-7(24-8)5-23-28(22,30)25-26(18,19)11(12,13)27(20,21)29;1-4-7(5-2)6-3/h4,7-8H,2-3,5H2,1H3,(H,18,19)(H,22,30)(H2,14,15,17)(H2,20,21,29);4-6H2,1-3H3/t7-,8+,28?;/m0./s1. The number of hydrogen-bond acceptors (Lipinski definition) is 10. The van der Waals surface area contributed by atoms with Crippen molar-refractivity contribution in [1.82, 2.24) is 14.5 Å². The molecule has 2 unspecified atom stereocenters. The van der Waals surface area contributed by atoms with Crippen LogP contribution < -0.4 is 11.4 Å². The molecule has 5 N–H and O–H groups in total. The Morgan fingerprint density at radius 2 is 1.81 bits per heavy atom. The lowest BCUT2D eigenvalue weighted by molar-refractivity contribution is -0.0206. The highest BCUT2D eigenvalue weighted by atomic mass is 32.7. The molecule has 0 amide bonds. The number of aryl methyl sites for hydroxylation is 1. The van der Waals surface area contributed by atoms with E-state index in [1.54, 1.807) is 6.92 Å². The Bertz CT molecular complexity index is 1110. The van der Waals surface area contributed by atoms with Crippen LogP contribution in [0.5, 0.6) is 0 Å². The minimum atomic E-state index is -6.24. The first kappa shape index (κ1) is 34.7. The lowest BCUT2D eigenvalue weighted by Crippen LogP contribution is -2.28. The second-order valence-corrected chi connectivity index (χ2v) is 16.3. The van der Waals surface area contributed by atoms with Crippen molar-refractivity contribution >= 4 is 50.8 Å². The molecule has 0 aromatic carbocycles. The van der Waals surface area contributed by atoms with Crippen LogP contribution in [0.15, 0.2) is 11.0 Å². The second kappa shape index (κ2) is 13.9. The first-order valence-corrected chi connectivity index (χ1v) is 18.0. The molecule has 0 saturated carbocycles. The summed E-state index contributed by atoms with van der Waals surface area (Å²) in [6.07, 6.45) is 0.452. The van der Waals surface area contributed by atoms with Gasteiger partial charge in [0.05, 0.1) is 12.7 Å². The number of nitrogens with two attached hydrogens (primary N) is 1. The zero-order chi connectivity index (χ0) is 28.8. The first-order valence-electron chi connectivity index (χ1n) is 11.0. The summed E-state index contributed by atoms with van der Waals surface area (Å²) in [5.41, 5.74) is 5.41. The fourth-order valence-corrected chi connectivity index (χ4v) is 8.74. The first-order chi connectivity index (χ1) is 16.8. The molecule has 1 saturated heterocycles.